The fourth-order valence-corrected chi connectivity index (χ4v) is 4.35. The Morgan fingerprint density at radius 1 is 1.16 bits per heavy atom. The molecule has 1 aliphatic rings. The number of halogens is 2. The molecule has 3 aromatic rings. The van der Waals surface area contributed by atoms with Crippen LogP contribution in [0.25, 0.3) is 0 Å². The number of hydrogen-bond acceptors (Lipinski definition) is 5. The number of aromatic nitrogens is 1. The number of nitrogens with zero attached hydrogens (tertiary/aromatic N) is 3. The number of amides is 1. The van der Waals surface area contributed by atoms with Gasteiger partial charge < -0.3 is 19.5 Å². The van der Waals surface area contributed by atoms with Crippen molar-refractivity contribution < 1.29 is 18.3 Å². The molecular formula is C28H28F2N4O3. The first-order chi connectivity index (χ1) is 17.9. The molecule has 0 aliphatic carbocycles. The summed E-state index contributed by atoms with van der Waals surface area (Å²) in [6.45, 7) is 3.67. The molecule has 9 heteroatoms. The van der Waals surface area contributed by atoms with Gasteiger partial charge in [0.1, 0.15) is 17.5 Å². The van der Waals surface area contributed by atoms with Gasteiger partial charge in [0.25, 0.3) is 11.5 Å². The molecule has 0 unspecified atom stereocenters. The zero-order valence-corrected chi connectivity index (χ0v) is 20.5. The van der Waals surface area contributed by atoms with E-state index in [0.29, 0.717) is 49.4 Å². The number of piperidine rings is 1. The summed E-state index contributed by atoms with van der Waals surface area (Å²) in [6.07, 6.45) is 4.32. The van der Waals surface area contributed by atoms with Gasteiger partial charge in [-0.2, -0.15) is 5.26 Å². The van der Waals surface area contributed by atoms with Crippen molar-refractivity contribution in [2.75, 3.05) is 23.3 Å². The quantitative estimate of drug-likeness (QED) is 0.459. The number of hydrogen-bond donors (Lipinski definition) is 1. The number of unbranched alkanes of at least 4 members (excludes halogenated alkanes) is 1. The molecule has 7 nitrogen and oxygen atoms in total. The minimum absolute atomic E-state index is 0.0126. The molecule has 0 atom stereocenters. The number of carbonyl (C=O) groups is 1. The van der Waals surface area contributed by atoms with Crippen molar-refractivity contribution in [3.8, 4) is 11.8 Å². The number of nitriles is 1. The average molecular weight is 507 g/mol. The summed E-state index contributed by atoms with van der Waals surface area (Å²) in [7, 11) is 0. The van der Waals surface area contributed by atoms with Crippen LogP contribution in [-0.2, 0) is 6.54 Å². The smallest absolute Gasteiger partial charge is 0.263 e. The highest BCUT2D eigenvalue weighted by Crippen LogP contribution is 2.31. The largest absolute Gasteiger partial charge is 0.487 e. The van der Waals surface area contributed by atoms with Crippen LogP contribution in [-0.4, -0.2) is 29.7 Å². The monoisotopic (exact) mass is 506 g/mol. The molecule has 1 aliphatic heterocycles. The Morgan fingerprint density at radius 3 is 2.65 bits per heavy atom. The van der Waals surface area contributed by atoms with Crippen LogP contribution in [0.2, 0.25) is 0 Å². The van der Waals surface area contributed by atoms with E-state index < -0.39 is 17.5 Å². The highest BCUT2D eigenvalue weighted by molar-refractivity contribution is 6.05. The van der Waals surface area contributed by atoms with E-state index >= 15 is 0 Å². The number of anilines is 2. The van der Waals surface area contributed by atoms with Crippen LogP contribution in [0.15, 0.2) is 59.5 Å². The first kappa shape index (κ1) is 25.9. The van der Waals surface area contributed by atoms with Gasteiger partial charge in [-0.25, -0.2) is 8.78 Å². The predicted octanol–water partition coefficient (Wildman–Crippen LogP) is 5.10. The maximum absolute atomic E-state index is 14.0. The van der Waals surface area contributed by atoms with Crippen molar-refractivity contribution in [3.63, 3.8) is 0 Å². The molecule has 192 valence electrons. The van der Waals surface area contributed by atoms with Crippen LogP contribution in [0, 0.1) is 23.0 Å². The molecule has 1 saturated heterocycles. The van der Waals surface area contributed by atoms with E-state index in [4.69, 9.17) is 4.74 Å². The van der Waals surface area contributed by atoms with Crippen LogP contribution in [0.4, 0.5) is 20.2 Å². The Hall–Kier alpha value is -4.19. The van der Waals surface area contributed by atoms with Gasteiger partial charge in [-0.05, 0) is 48.9 Å². The fraction of sp³-hybridized carbons (Fsp3) is 0.321. The Morgan fingerprint density at radius 2 is 1.95 bits per heavy atom. The predicted molar refractivity (Wildman–Crippen MR) is 137 cm³/mol. The number of pyridine rings is 1. The van der Waals surface area contributed by atoms with Crippen LogP contribution < -0.4 is 20.5 Å². The van der Waals surface area contributed by atoms with Gasteiger partial charge in [0, 0.05) is 44.7 Å². The molecule has 0 spiro atoms. The Labute approximate surface area is 213 Å². The van der Waals surface area contributed by atoms with Gasteiger partial charge in [-0.15, -0.1) is 0 Å². The molecule has 1 fully saturated rings. The summed E-state index contributed by atoms with van der Waals surface area (Å²) in [5, 5.41) is 12.2. The van der Waals surface area contributed by atoms with Gasteiger partial charge in [0.15, 0.2) is 11.6 Å². The summed E-state index contributed by atoms with van der Waals surface area (Å²) < 4.78 is 34.4. The lowest BCUT2D eigenvalue weighted by Gasteiger charge is -2.34. The molecule has 0 radical (unpaired) electrons. The Bertz CT molecular complexity index is 1370. The Kier molecular flexibility index (Phi) is 8.18. The first-order valence-corrected chi connectivity index (χ1v) is 12.3. The normalized spacial score (nSPS) is 13.7. The average Bonchev–Trinajstić information content (AvgIpc) is 2.90. The van der Waals surface area contributed by atoms with Crippen molar-refractivity contribution in [2.45, 2.75) is 45.3 Å². The third-order valence-corrected chi connectivity index (χ3v) is 6.36. The SMILES string of the molecule is CCCCn1cccc(C(=O)Nc2cc(C#N)ccc2N2CCC(Oc3ccc(F)cc3F)CC2)c1=O. The molecule has 2 heterocycles. The maximum atomic E-state index is 14.0. The van der Waals surface area contributed by atoms with Gasteiger partial charge in [-0.3, -0.25) is 9.59 Å². The second-order valence-corrected chi connectivity index (χ2v) is 8.95. The van der Waals surface area contributed by atoms with Crippen LogP contribution in [0.3, 0.4) is 0 Å². The molecule has 4 rings (SSSR count). The lowest BCUT2D eigenvalue weighted by Crippen LogP contribution is -2.39. The van der Waals surface area contributed by atoms with Gasteiger partial charge in [-0.1, -0.05) is 13.3 Å². The van der Waals surface area contributed by atoms with Crippen molar-refractivity contribution in [1.82, 2.24) is 4.57 Å². The summed E-state index contributed by atoms with van der Waals surface area (Å²) in [6, 6.07) is 13.5. The molecule has 0 saturated carbocycles. The summed E-state index contributed by atoms with van der Waals surface area (Å²) >= 11 is 0. The zero-order chi connectivity index (χ0) is 26.4. The Balaban J connectivity index is 1.49. The molecular weight excluding hydrogens is 478 g/mol. The van der Waals surface area contributed by atoms with E-state index in [-0.39, 0.29) is 23.0 Å². The number of aryl methyl sites for hydroxylation is 1. The van der Waals surface area contributed by atoms with Gasteiger partial charge in [0.05, 0.1) is 23.0 Å². The molecule has 37 heavy (non-hydrogen) atoms. The summed E-state index contributed by atoms with van der Waals surface area (Å²) in [5.41, 5.74) is 1.17. The van der Waals surface area contributed by atoms with Crippen molar-refractivity contribution in [2.24, 2.45) is 0 Å². The number of carbonyl (C=O) groups excluding carboxylic acids is 1. The molecule has 1 N–H and O–H groups in total. The van der Waals surface area contributed by atoms with Crippen molar-refractivity contribution in [1.29, 1.82) is 5.26 Å². The summed E-state index contributed by atoms with van der Waals surface area (Å²) in [5.74, 6) is -1.93. The maximum Gasteiger partial charge on any atom is 0.263 e. The van der Waals surface area contributed by atoms with Crippen LogP contribution >= 0.6 is 0 Å². The lowest BCUT2D eigenvalue weighted by atomic mass is 10.1. The lowest BCUT2D eigenvalue weighted by molar-refractivity contribution is 0.102. The highest BCUT2D eigenvalue weighted by atomic mass is 19.1. The number of benzene rings is 2. The number of nitrogens with one attached hydrogen (secondary N) is 1. The second kappa shape index (κ2) is 11.7. The molecule has 1 aromatic heterocycles. The number of rotatable bonds is 8. The fourth-order valence-electron chi connectivity index (χ4n) is 4.35. The van der Waals surface area contributed by atoms with Crippen molar-refractivity contribution in [3.05, 3.63) is 87.8 Å². The van der Waals surface area contributed by atoms with E-state index in [9.17, 15) is 23.6 Å². The third-order valence-electron chi connectivity index (χ3n) is 6.36. The first-order valence-electron chi connectivity index (χ1n) is 12.3. The second-order valence-electron chi connectivity index (χ2n) is 8.95. The van der Waals surface area contributed by atoms with Crippen LogP contribution in [0.1, 0.15) is 48.5 Å². The molecule has 2 aromatic carbocycles. The standard InChI is InChI=1S/C28H28F2N4O3/c1-2-3-12-34-13-4-5-22(28(34)36)27(35)32-24-16-19(18-31)6-8-25(24)33-14-10-21(11-15-33)37-26-9-7-20(29)17-23(26)30/h4-9,13,16-17,21H,2-3,10-12,14-15H2,1H3,(H,32,35). The zero-order valence-electron chi connectivity index (χ0n) is 20.5. The molecule has 0 bridgehead atoms. The van der Waals surface area contributed by atoms with E-state index in [1.807, 2.05) is 11.8 Å². The van der Waals surface area contributed by atoms with Gasteiger partial charge >= 0.3 is 0 Å². The minimum atomic E-state index is -0.741. The van der Waals surface area contributed by atoms with E-state index in [0.717, 1.165) is 25.0 Å². The minimum Gasteiger partial charge on any atom is -0.487 e. The topological polar surface area (TPSA) is 87.4 Å². The summed E-state index contributed by atoms with van der Waals surface area (Å²) in [4.78, 5) is 28.0. The van der Waals surface area contributed by atoms with Gasteiger partial charge in [0.2, 0.25) is 0 Å². The van der Waals surface area contributed by atoms with E-state index in [1.54, 1.807) is 30.5 Å². The highest BCUT2D eigenvalue weighted by Gasteiger charge is 2.24. The third kappa shape index (κ3) is 6.15. The van der Waals surface area contributed by atoms with Crippen molar-refractivity contribution >= 4 is 17.3 Å². The molecule has 1 amide bonds. The van der Waals surface area contributed by atoms with E-state index in [1.165, 1.54) is 16.7 Å². The van der Waals surface area contributed by atoms with Crippen LogP contribution in [0.5, 0.6) is 5.75 Å². The number of ether oxygens (including phenoxy) is 1. The van der Waals surface area contributed by atoms with E-state index in [2.05, 4.69) is 11.4 Å².